The lowest BCUT2D eigenvalue weighted by Gasteiger charge is -2.15. The maximum absolute atomic E-state index is 13.9. The third kappa shape index (κ3) is 2.48. The lowest BCUT2D eigenvalue weighted by Crippen LogP contribution is -2.02. The fourth-order valence-corrected chi connectivity index (χ4v) is 2.24. The van der Waals surface area contributed by atoms with E-state index in [1.807, 2.05) is 32.9 Å². The Morgan fingerprint density at radius 1 is 1.00 bits per heavy atom. The smallest absolute Gasteiger partial charge is 0.183 e. The van der Waals surface area contributed by atoms with Gasteiger partial charge in [0.25, 0.3) is 0 Å². The van der Waals surface area contributed by atoms with E-state index in [0.717, 1.165) is 22.4 Å². The second-order valence-corrected chi connectivity index (χ2v) is 4.80. The average molecular weight is 272 g/mol. The minimum Gasteiger partial charge on any atom is -0.353 e. The Hall–Kier alpha value is -2.41. The van der Waals surface area contributed by atoms with Crippen LogP contribution in [0.4, 0.5) is 20.2 Å². The molecular weight excluding hydrogens is 258 g/mol. The fourth-order valence-electron chi connectivity index (χ4n) is 2.24. The first kappa shape index (κ1) is 14.0. The van der Waals surface area contributed by atoms with E-state index < -0.39 is 11.6 Å². The molecular formula is C16H14F2N2. The molecule has 0 saturated carbocycles. The van der Waals surface area contributed by atoms with Gasteiger partial charge in [-0.2, -0.15) is 5.26 Å². The first-order valence-electron chi connectivity index (χ1n) is 6.17. The monoisotopic (exact) mass is 272 g/mol. The molecule has 0 amide bonds. The summed E-state index contributed by atoms with van der Waals surface area (Å²) in [4.78, 5) is 0. The van der Waals surface area contributed by atoms with E-state index in [0.29, 0.717) is 0 Å². The molecule has 0 bridgehead atoms. The maximum atomic E-state index is 13.9. The van der Waals surface area contributed by atoms with Crippen molar-refractivity contribution in [2.45, 2.75) is 20.8 Å². The fraction of sp³-hybridized carbons (Fsp3) is 0.188. The molecule has 0 saturated heterocycles. The van der Waals surface area contributed by atoms with Crippen molar-refractivity contribution >= 4 is 11.4 Å². The molecule has 102 valence electrons. The zero-order chi connectivity index (χ0) is 14.9. The lowest BCUT2D eigenvalue weighted by molar-refractivity contribution is 0.509. The number of benzene rings is 2. The van der Waals surface area contributed by atoms with Gasteiger partial charge in [0.2, 0.25) is 0 Å². The summed E-state index contributed by atoms with van der Waals surface area (Å²) in [6.07, 6.45) is 0. The van der Waals surface area contributed by atoms with Gasteiger partial charge < -0.3 is 5.32 Å². The quantitative estimate of drug-likeness (QED) is 0.873. The Morgan fingerprint density at radius 2 is 1.60 bits per heavy atom. The van der Waals surface area contributed by atoms with E-state index in [1.54, 1.807) is 6.07 Å². The summed E-state index contributed by atoms with van der Waals surface area (Å²) in [6.45, 7) is 5.78. The molecule has 20 heavy (non-hydrogen) atoms. The number of hydrogen-bond donors (Lipinski definition) is 1. The first-order valence-corrected chi connectivity index (χ1v) is 6.17. The summed E-state index contributed by atoms with van der Waals surface area (Å²) in [5.74, 6) is -2.16. The van der Waals surface area contributed by atoms with Gasteiger partial charge in [-0.05, 0) is 44.0 Å². The molecule has 0 spiro atoms. The Morgan fingerprint density at radius 3 is 2.15 bits per heavy atom. The van der Waals surface area contributed by atoms with Crippen molar-refractivity contribution in [3.63, 3.8) is 0 Å². The van der Waals surface area contributed by atoms with Gasteiger partial charge in [0.05, 0.1) is 11.3 Å². The topological polar surface area (TPSA) is 35.8 Å². The van der Waals surface area contributed by atoms with Crippen LogP contribution >= 0.6 is 0 Å². The van der Waals surface area contributed by atoms with E-state index in [1.165, 1.54) is 12.1 Å². The van der Waals surface area contributed by atoms with Crippen LogP contribution in [-0.2, 0) is 0 Å². The number of halogens is 2. The van der Waals surface area contributed by atoms with E-state index in [2.05, 4.69) is 5.32 Å². The van der Waals surface area contributed by atoms with Crippen molar-refractivity contribution in [2.24, 2.45) is 0 Å². The predicted molar refractivity (Wildman–Crippen MR) is 75.0 cm³/mol. The number of nitriles is 1. The molecule has 1 N–H and O–H groups in total. The third-order valence-corrected chi connectivity index (χ3v) is 3.14. The highest BCUT2D eigenvalue weighted by atomic mass is 19.2. The standard InChI is InChI=1S/C16H14F2N2/c1-9-6-10(2)16(11(3)7-9)20-13-5-4-12(8-19)14(17)15(13)18/h4-7,20H,1-3H3. The van der Waals surface area contributed by atoms with Crippen molar-refractivity contribution in [1.82, 2.24) is 0 Å². The van der Waals surface area contributed by atoms with Crippen LogP contribution in [0, 0.1) is 43.7 Å². The largest absolute Gasteiger partial charge is 0.353 e. The summed E-state index contributed by atoms with van der Waals surface area (Å²) in [5, 5.41) is 11.6. The van der Waals surface area contributed by atoms with Crippen LogP contribution in [0.3, 0.4) is 0 Å². The highest BCUT2D eigenvalue weighted by Crippen LogP contribution is 2.28. The van der Waals surface area contributed by atoms with Crippen LogP contribution in [0.5, 0.6) is 0 Å². The molecule has 2 aromatic rings. The molecule has 2 nitrogen and oxygen atoms in total. The zero-order valence-electron chi connectivity index (χ0n) is 11.5. The number of rotatable bonds is 2. The number of nitrogens with zero attached hydrogens (tertiary/aromatic N) is 1. The summed E-state index contributed by atoms with van der Waals surface area (Å²) < 4.78 is 27.5. The summed E-state index contributed by atoms with van der Waals surface area (Å²) >= 11 is 0. The van der Waals surface area contributed by atoms with Crippen molar-refractivity contribution in [3.8, 4) is 6.07 Å². The predicted octanol–water partition coefficient (Wildman–Crippen LogP) is 4.51. The molecule has 0 aliphatic rings. The minimum atomic E-state index is -1.13. The van der Waals surface area contributed by atoms with E-state index in [9.17, 15) is 8.78 Å². The SMILES string of the molecule is Cc1cc(C)c(Nc2ccc(C#N)c(F)c2F)c(C)c1. The maximum Gasteiger partial charge on any atom is 0.183 e. The van der Waals surface area contributed by atoms with Gasteiger partial charge in [-0.1, -0.05) is 17.7 Å². The highest BCUT2D eigenvalue weighted by Gasteiger charge is 2.14. The van der Waals surface area contributed by atoms with Gasteiger partial charge in [0.15, 0.2) is 11.6 Å². The number of anilines is 2. The molecule has 0 aliphatic carbocycles. The normalized spacial score (nSPS) is 10.2. The van der Waals surface area contributed by atoms with Gasteiger partial charge in [-0.15, -0.1) is 0 Å². The van der Waals surface area contributed by atoms with Gasteiger partial charge in [0, 0.05) is 5.69 Å². The van der Waals surface area contributed by atoms with Gasteiger partial charge in [0.1, 0.15) is 6.07 Å². The van der Waals surface area contributed by atoms with Crippen molar-refractivity contribution in [1.29, 1.82) is 5.26 Å². The third-order valence-electron chi connectivity index (χ3n) is 3.14. The Labute approximate surface area is 116 Å². The van der Waals surface area contributed by atoms with Gasteiger partial charge in [-0.25, -0.2) is 8.78 Å². The van der Waals surface area contributed by atoms with E-state index in [-0.39, 0.29) is 11.3 Å². The van der Waals surface area contributed by atoms with Crippen LogP contribution in [-0.4, -0.2) is 0 Å². The average Bonchev–Trinajstić information content (AvgIpc) is 2.38. The lowest BCUT2D eigenvalue weighted by atomic mass is 10.0. The van der Waals surface area contributed by atoms with E-state index in [4.69, 9.17) is 5.26 Å². The molecule has 0 heterocycles. The van der Waals surface area contributed by atoms with E-state index >= 15 is 0 Å². The van der Waals surface area contributed by atoms with Crippen LogP contribution in [0.25, 0.3) is 0 Å². The van der Waals surface area contributed by atoms with Crippen molar-refractivity contribution in [3.05, 3.63) is 58.2 Å². The molecule has 0 aliphatic heterocycles. The molecule has 2 aromatic carbocycles. The van der Waals surface area contributed by atoms with Gasteiger partial charge in [-0.3, -0.25) is 0 Å². The molecule has 0 unspecified atom stereocenters. The number of aryl methyl sites for hydroxylation is 3. The van der Waals surface area contributed by atoms with Crippen LogP contribution < -0.4 is 5.32 Å². The van der Waals surface area contributed by atoms with Crippen LogP contribution in [0.1, 0.15) is 22.3 Å². The molecule has 0 atom stereocenters. The molecule has 2 rings (SSSR count). The first-order chi connectivity index (χ1) is 9.43. The number of nitrogens with one attached hydrogen (secondary N) is 1. The summed E-state index contributed by atoms with van der Waals surface area (Å²) in [5.41, 5.74) is 3.48. The molecule has 0 radical (unpaired) electrons. The van der Waals surface area contributed by atoms with Crippen molar-refractivity contribution in [2.75, 3.05) is 5.32 Å². The Kier molecular flexibility index (Phi) is 3.71. The Balaban J connectivity index is 2.47. The van der Waals surface area contributed by atoms with Crippen molar-refractivity contribution < 1.29 is 8.78 Å². The second kappa shape index (κ2) is 5.30. The van der Waals surface area contributed by atoms with Crippen LogP contribution in [0.15, 0.2) is 24.3 Å². The van der Waals surface area contributed by atoms with Crippen LogP contribution in [0.2, 0.25) is 0 Å². The zero-order valence-corrected chi connectivity index (χ0v) is 11.5. The number of hydrogen-bond acceptors (Lipinski definition) is 2. The Bertz CT molecular complexity index is 692. The second-order valence-electron chi connectivity index (χ2n) is 4.80. The minimum absolute atomic E-state index is 0.0246. The summed E-state index contributed by atoms with van der Waals surface area (Å²) in [7, 11) is 0. The molecule has 0 aromatic heterocycles. The highest BCUT2D eigenvalue weighted by molar-refractivity contribution is 5.68. The summed E-state index contributed by atoms with van der Waals surface area (Å²) in [6, 6.07) is 8.18. The van der Waals surface area contributed by atoms with Gasteiger partial charge >= 0.3 is 0 Å². The molecule has 0 fully saturated rings. The molecule has 4 heteroatoms.